The minimum Gasteiger partial charge on any atom is -0.472 e. The predicted octanol–water partition coefficient (Wildman–Crippen LogP) is 3.31. The van der Waals surface area contributed by atoms with Crippen molar-refractivity contribution in [1.82, 2.24) is 0 Å². The molecule has 0 fully saturated rings. The topological polar surface area (TPSA) is 39.2 Å². The van der Waals surface area contributed by atoms with Crippen LogP contribution in [0.1, 0.15) is 17.2 Å². The van der Waals surface area contributed by atoms with Crippen molar-refractivity contribution in [2.45, 2.75) is 12.5 Å². The van der Waals surface area contributed by atoms with Crippen LogP contribution < -0.4 is 5.73 Å². The van der Waals surface area contributed by atoms with Gasteiger partial charge < -0.3 is 10.2 Å². The number of halogens is 2. The maximum absolute atomic E-state index is 13.5. The van der Waals surface area contributed by atoms with Crippen molar-refractivity contribution in [3.05, 3.63) is 58.8 Å². The minimum atomic E-state index is -0.466. The Labute approximate surface area is 97.8 Å². The van der Waals surface area contributed by atoms with E-state index in [9.17, 15) is 4.39 Å². The van der Waals surface area contributed by atoms with E-state index in [0.29, 0.717) is 17.0 Å². The maximum Gasteiger partial charge on any atom is 0.129 e. The van der Waals surface area contributed by atoms with Crippen LogP contribution in [0.25, 0.3) is 0 Å². The van der Waals surface area contributed by atoms with E-state index in [0.717, 1.165) is 5.56 Å². The van der Waals surface area contributed by atoms with Crippen molar-refractivity contribution >= 4 is 11.6 Å². The maximum atomic E-state index is 13.5. The molecule has 84 valence electrons. The summed E-state index contributed by atoms with van der Waals surface area (Å²) in [5, 5.41) is 0.357. The van der Waals surface area contributed by atoms with Gasteiger partial charge in [0.1, 0.15) is 5.82 Å². The lowest BCUT2D eigenvalue weighted by molar-refractivity contribution is 0.556. The van der Waals surface area contributed by atoms with Crippen LogP contribution >= 0.6 is 11.6 Å². The number of furan rings is 1. The van der Waals surface area contributed by atoms with Crippen molar-refractivity contribution in [3.63, 3.8) is 0 Å². The largest absolute Gasteiger partial charge is 0.472 e. The van der Waals surface area contributed by atoms with Gasteiger partial charge in [-0.2, -0.15) is 0 Å². The van der Waals surface area contributed by atoms with E-state index in [1.54, 1.807) is 30.7 Å². The molecule has 2 N–H and O–H groups in total. The number of benzene rings is 1. The van der Waals surface area contributed by atoms with E-state index in [4.69, 9.17) is 21.8 Å². The summed E-state index contributed by atoms with van der Waals surface area (Å²) in [5.41, 5.74) is 7.20. The Morgan fingerprint density at radius 2 is 2.19 bits per heavy atom. The van der Waals surface area contributed by atoms with Crippen molar-refractivity contribution in [1.29, 1.82) is 0 Å². The van der Waals surface area contributed by atoms with Crippen LogP contribution in [0.3, 0.4) is 0 Å². The molecule has 1 atom stereocenters. The Morgan fingerprint density at radius 3 is 2.81 bits per heavy atom. The Bertz CT molecular complexity index is 450. The normalized spacial score (nSPS) is 12.7. The van der Waals surface area contributed by atoms with Gasteiger partial charge in [0.15, 0.2) is 0 Å². The molecule has 0 spiro atoms. The molecule has 0 amide bonds. The van der Waals surface area contributed by atoms with Crippen LogP contribution in [0.2, 0.25) is 5.02 Å². The first-order valence-electron chi connectivity index (χ1n) is 4.89. The molecule has 0 radical (unpaired) electrons. The molecule has 1 aromatic heterocycles. The Balaban J connectivity index is 2.24. The Morgan fingerprint density at radius 1 is 1.38 bits per heavy atom. The van der Waals surface area contributed by atoms with Gasteiger partial charge in [0.2, 0.25) is 0 Å². The monoisotopic (exact) mass is 239 g/mol. The lowest BCUT2D eigenvalue weighted by Crippen LogP contribution is -2.15. The van der Waals surface area contributed by atoms with E-state index >= 15 is 0 Å². The quantitative estimate of drug-likeness (QED) is 0.893. The molecule has 0 aliphatic heterocycles. The smallest absolute Gasteiger partial charge is 0.129 e. The SMILES string of the molecule is NC(Cc1ccoc1)c1c(F)cccc1Cl. The van der Waals surface area contributed by atoms with Crippen molar-refractivity contribution in [2.75, 3.05) is 0 Å². The Hall–Kier alpha value is -1.32. The highest BCUT2D eigenvalue weighted by molar-refractivity contribution is 6.31. The molecule has 2 aromatic rings. The molecule has 4 heteroatoms. The average molecular weight is 240 g/mol. The molecular formula is C12H11ClFNO. The zero-order chi connectivity index (χ0) is 11.5. The molecule has 1 unspecified atom stereocenters. The zero-order valence-electron chi connectivity index (χ0n) is 8.49. The minimum absolute atomic E-state index is 0.352. The lowest BCUT2D eigenvalue weighted by Gasteiger charge is -2.13. The summed E-state index contributed by atoms with van der Waals surface area (Å²) in [4.78, 5) is 0. The summed E-state index contributed by atoms with van der Waals surface area (Å²) >= 11 is 5.92. The fourth-order valence-corrected chi connectivity index (χ4v) is 1.93. The summed E-state index contributed by atoms with van der Waals surface area (Å²) in [5.74, 6) is -0.372. The third-order valence-electron chi connectivity index (χ3n) is 2.41. The molecule has 0 saturated carbocycles. The zero-order valence-corrected chi connectivity index (χ0v) is 9.25. The number of nitrogens with two attached hydrogens (primary N) is 1. The second-order valence-corrected chi connectivity index (χ2v) is 3.98. The van der Waals surface area contributed by atoms with E-state index in [1.807, 2.05) is 0 Å². The molecule has 0 aliphatic rings. The first-order chi connectivity index (χ1) is 7.68. The highest BCUT2D eigenvalue weighted by atomic mass is 35.5. The van der Waals surface area contributed by atoms with E-state index in [1.165, 1.54) is 6.07 Å². The molecule has 2 nitrogen and oxygen atoms in total. The van der Waals surface area contributed by atoms with Crippen molar-refractivity contribution in [3.8, 4) is 0 Å². The third kappa shape index (κ3) is 2.26. The standard InChI is InChI=1S/C12H11ClFNO/c13-9-2-1-3-10(14)12(9)11(15)6-8-4-5-16-7-8/h1-5,7,11H,6,15H2. The fraction of sp³-hybridized carbons (Fsp3) is 0.167. The second kappa shape index (κ2) is 4.68. The van der Waals surface area contributed by atoms with Gasteiger partial charge in [-0.15, -0.1) is 0 Å². The van der Waals surface area contributed by atoms with E-state index < -0.39 is 6.04 Å². The van der Waals surface area contributed by atoms with Crippen LogP contribution in [0, 0.1) is 5.82 Å². The summed E-state index contributed by atoms with van der Waals surface area (Å²) in [6.07, 6.45) is 3.65. The van der Waals surface area contributed by atoms with Gasteiger partial charge in [0, 0.05) is 16.6 Å². The fourth-order valence-electron chi connectivity index (χ4n) is 1.63. The van der Waals surface area contributed by atoms with Gasteiger partial charge in [0.25, 0.3) is 0 Å². The number of rotatable bonds is 3. The van der Waals surface area contributed by atoms with E-state index in [-0.39, 0.29) is 5.82 Å². The molecule has 2 rings (SSSR count). The van der Waals surface area contributed by atoms with Crippen LogP contribution in [0.15, 0.2) is 41.2 Å². The number of hydrogen-bond donors (Lipinski definition) is 1. The Kier molecular flexibility index (Phi) is 3.27. The van der Waals surface area contributed by atoms with Gasteiger partial charge in [0.05, 0.1) is 12.5 Å². The molecule has 0 saturated heterocycles. The molecule has 1 heterocycles. The summed E-state index contributed by atoms with van der Waals surface area (Å²) in [6, 6.07) is 5.89. The molecular weight excluding hydrogens is 229 g/mol. The second-order valence-electron chi connectivity index (χ2n) is 3.58. The molecule has 16 heavy (non-hydrogen) atoms. The van der Waals surface area contributed by atoms with Crippen molar-refractivity contribution < 1.29 is 8.81 Å². The molecule has 0 bridgehead atoms. The predicted molar refractivity (Wildman–Crippen MR) is 60.8 cm³/mol. The summed E-state index contributed by atoms with van der Waals surface area (Å²) < 4.78 is 18.5. The van der Waals surface area contributed by atoms with Crippen molar-refractivity contribution in [2.24, 2.45) is 5.73 Å². The third-order valence-corrected chi connectivity index (χ3v) is 2.74. The van der Waals surface area contributed by atoms with Gasteiger partial charge in [-0.1, -0.05) is 17.7 Å². The van der Waals surface area contributed by atoms with Crippen LogP contribution in [-0.4, -0.2) is 0 Å². The highest BCUT2D eigenvalue weighted by Crippen LogP contribution is 2.26. The lowest BCUT2D eigenvalue weighted by atomic mass is 10.0. The van der Waals surface area contributed by atoms with Crippen LogP contribution in [0.5, 0.6) is 0 Å². The first-order valence-corrected chi connectivity index (χ1v) is 5.27. The summed E-state index contributed by atoms with van der Waals surface area (Å²) in [7, 11) is 0. The van der Waals surface area contributed by atoms with Gasteiger partial charge in [-0.05, 0) is 30.2 Å². The molecule has 1 aromatic carbocycles. The van der Waals surface area contributed by atoms with Gasteiger partial charge in [-0.25, -0.2) is 4.39 Å². The van der Waals surface area contributed by atoms with Gasteiger partial charge in [-0.3, -0.25) is 0 Å². The highest BCUT2D eigenvalue weighted by Gasteiger charge is 2.15. The van der Waals surface area contributed by atoms with Crippen LogP contribution in [0.4, 0.5) is 4.39 Å². The first kappa shape index (κ1) is 11.2. The summed E-state index contributed by atoms with van der Waals surface area (Å²) in [6.45, 7) is 0. The van der Waals surface area contributed by atoms with Gasteiger partial charge >= 0.3 is 0 Å². The molecule has 0 aliphatic carbocycles. The number of hydrogen-bond acceptors (Lipinski definition) is 2. The average Bonchev–Trinajstić information content (AvgIpc) is 2.70. The van der Waals surface area contributed by atoms with Crippen LogP contribution in [-0.2, 0) is 6.42 Å². The van der Waals surface area contributed by atoms with E-state index in [2.05, 4.69) is 0 Å².